The first-order valence-corrected chi connectivity index (χ1v) is 6.14. The van der Waals surface area contributed by atoms with Crippen molar-refractivity contribution in [1.82, 2.24) is 4.98 Å². The van der Waals surface area contributed by atoms with Crippen LogP contribution >= 0.6 is 0 Å². The van der Waals surface area contributed by atoms with Crippen LogP contribution in [-0.2, 0) is 0 Å². The van der Waals surface area contributed by atoms with Crippen molar-refractivity contribution in [3.63, 3.8) is 0 Å². The number of methoxy groups -OCH3 is 2. The molecule has 0 spiro atoms. The zero-order chi connectivity index (χ0) is 15.2. The number of nitrogens with two attached hydrogens (primary N) is 1. The highest BCUT2D eigenvalue weighted by Gasteiger charge is 2.10. The van der Waals surface area contributed by atoms with E-state index in [0.29, 0.717) is 23.0 Å². The molecule has 0 aliphatic rings. The summed E-state index contributed by atoms with van der Waals surface area (Å²) >= 11 is 0. The lowest BCUT2D eigenvalue weighted by atomic mass is 10.2. The van der Waals surface area contributed by atoms with Gasteiger partial charge in [0.25, 0.3) is 5.91 Å². The fourth-order valence-electron chi connectivity index (χ4n) is 1.72. The Labute approximate surface area is 122 Å². The van der Waals surface area contributed by atoms with Crippen LogP contribution < -0.4 is 26.1 Å². The number of hydrazine groups is 1. The predicted molar refractivity (Wildman–Crippen MR) is 79.5 cm³/mol. The third-order valence-corrected chi connectivity index (χ3v) is 2.74. The third kappa shape index (κ3) is 3.61. The fraction of sp³-hybridized carbons (Fsp3) is 0.143. The zero-order valence-electron chi connectivity index (χ0n) is 11.7. The standard InChI is InChI=1S/C14H16N4O3/c1-20-10-6-9(7-11(8-10)21-2)16-14(19)12-4-3-5-13(17-12)18-15/h3-8H,15H2,1-2H3,(H,16,19)(H,17,18). The zero-order valence-corrected chi connectivity index (χ0v) is 11.7. The van der Waals surface area contributed by atoms with E-state index in [1.165, 1.54) is 0 Å². The van der Waals surface area contributed by atoms with Gasteiger partial charge in [-0.05, 0) is 12.1 Å². The molecule has 1 aromatic carbocycles. The number of carbonyl (C=O) groups excluding carboxylic acids is 1. The van der Waals surface area contributed by atoms with E-state index >= 15 is 0 Å². The first-order valence-electron chi connectivity index (χ1n) is 6.14. The maximum atomic E-state index is 12.2. The molecule has 2 rings (SSSR count). The van der Waals surface area contributed by atoms with Gasteiger partial charge in [-0.1, -0.05) is 6.07 Å². The van der Waals surface area contributed by atoms with E-state index in [9.17, 15) is 4.79 Å². The molecule has 110 valence electrons. The molecule has 1 heterocycles. The second kappa shape index (κ2) is 6.58. The van der Waals surface area contributed by atoms with E-state index in [1.54, 1.807) is 50.6 Å². The molecule has 0 saturated carbocycles. The lowest BCUT2D eigenvalue weighted by molar-refractivity contribution is 0.102. The number of nitrogen functional groups attached to an aromatic ring is 1. The van der Waals surface area contributed by atoms with Gasteiger partial charge in [0.05, 0.1) is 14.2 Å². The first-order chi connectivity index (χ1) is 10.2. The van der Waals surface area contributed by atoms with Crippen molar-refractivity contribution in [2.24, 2.45) is 5.84 Å². The van der Waals surface area contributed by atoms with Gasteiger partial charge in [0.15, 0.2) is 0 Å². The number of nitrogens with zero attached hydrogens (tertiary/aromatic N) is 1. The Balaban J connectivity index is 2.22. The summed E-state index contributed by atoms with van der Waals surface area (Å²) in [5, 5.41) is 2.73. The van der Waals surface area contributed by atoms with Gasteiger partial charge < -0.3 is 20.2 Å². The van der Waals surface area contributed by atoms with Crippen LogP contribution in [0.2, 0.25) is 0 Å². The van der Waals surface area contributed by atoms with Crippen molar-refractivity contribution < 1.29 is 14.3 Å². The molecule has 7 heteroatoms. The summed E-state index contributed by atoms with van der Waals surface area (Å²) in [6.45, 7) is 0. The maximum Gasteiger partial charge on any atom is 0.274 e. The summed E-state index contributed by atoms with van der Waals surface area (Å²) < 4.78 is 10.3. The van der Waals surface area contributed by atoms with E-state index in [-0.39, 0.29) is 11.6 Å². The molecule has 0 saturated heterocycles. The molecule has 2 aromatic rings. The summed E-state index contributed by atoms with van der Waals surface area (Å²) in [5.74, 6) is 6.48. The summed E-state index contributed by atoms with van der Waals surface area (Å²) in [7, 11) is 3.08. The van der Waals surface area contributed by atoms with Gasteiger partial charge in [0.1, 0.15) is 23.0 Å². The molecule has 0 atom stereocenters. The number of carbonyl (C=O) groups is 1. The van der Waals surface area contributed by atoms with Crippen molar-refractivity contribution in [2.75, 3.05) is 25.0 Å². The summed E-state index contributed by atoms with van der Waals surface area (Å²) in [5.41, 5.74) is 3.18. The van der Waals surface area contributed by atoms with Crippen LogP contribution in [0.15, 0.2) is 36.4 Å². The first kappa shape index (κ1) is 14.6. The van der Waals surface area contributed by atoms with Crippen LogP contribution in [0.5, 0.6) is 11.5 Å². The second-order valence-corrected chi connectivity index (χ2v) is 4.11. The number of benzene rings is 1. The van der Waals surface area contributed by atoms with Crippen LogP contribution in [0.1, 0.15) is 10.5 Å². The number of anilines is 2. The number of hydrogen-bond donors (Lipinski definition) is 3. The minimum absolute atomic E-state index is 0.243. The predicted octanol–water partition coefficient (Wildman–Crippen LogP) is 1.64. The van der Waals surface area contributed by atoms with Crippen molar-refractivity contribution in [1.29, 1.82) is 0 Å². The minimum Gasteiger partial charge on any atom is -0.497 e. The Hall–Kier alpha value is -2.80. The van der Waals surface area contributed by atoms with Crippen molar-refractivity contribution in [3.05, 3.63) is 42.1 Å². The largest absolute Gasteiger partial charge is 0.497 e. The van der Waals surface area contributed by atoms with Gasteiger partial charge in [-0.25, -0.2) is 10.8 Å². The van der Waals surface area contributed by atoms with E-state index in [0.717, 1.165) is 0 Å². The van der Waals surface area contributed by atoms with Gasteiger partial charge in [0, 0.05) is 23.9 Å². The molecule has 0 aliphatic carbocycles. The normalized spacial score (nSPS) is 9.86. The Morgan fingerprint density at radius 3 is 2.38 bits per heavy atom. The molecule has 7 nitrogen and oxygen atoms in total. The van der Waals surface area contributed by atoms with Crippen molar-refractivity contribution >= 4 is 17.4 Å². The Bertz CT molecular complexity index is 624. The van der Waals surface area contributed by atoms with E-state index in [4.69, 9.17) is 15.3 Å². The second-order valence-electron chi connectivity index (χ2n) is 4.11. The highest BCUT2D eigenvalue weighted by atomic mass is 16.5. The van der Waals surface area contributed by atoms with Crippen molar-refractivity contribution in [3.8, 4) is 11.5 Å². The molecule has 0 fully saturated rings. The van der Waals surface area contributed by atoms with Crippen LogP contribution in [0.25, 0.3) is 0 Å². The van der Waals surface area contributed by atoms with Crippen LogP contribution in [0.4, 0.5) is 11.5 Å². The minimum atomic E-state index is -0.359. The molecule has 1 amide bonds. The molecule has 0 bridgehead atoms. The summed E-state index contributed by atoms with van der Waals surface area (Å²) in [4.78, 5) is 16.2. The number of ether oxygens (including phenoxy) is 2. The Morgan fingerprint density at radius 1 is 1.14 bits per heavy atom. The van der Waals surface area contributed by atoms with E-state index in [2.05, 4.69) is 15.7 Å². The number of hydrogen-bond acceptors (Lipinski definition) is 6. The van der Waals surface area contributed by atoms with Gasteiger partial charge in [-0.15, -0.1) is 0 Å². The number of pyridine rings is 1. The molecule has 0 unspecified atom stereocenters. The van der Waals surface area contributed by atoms with Gasteiger partial charge in [0.2, 0.25) is 0 Å². The SMILES string of the molecule is COc1cc(NC(=O)c2cccc(NN)n2)cc(OC)c1. The fourth-order valence-corrected chi connectivity index (χ4v) is 1.72. The average Bonchev–Trinajstić information content (AvgIpc) is 2.54. The lowest BCUT2D eigenvalue weighted by Gasteiger charge is -2.10. The highest BCUT2D eigenvalue weighted by Crippen LogP contribution is 2.26. The number of rotatable bonds is 5. The molecule has 0 radical (unpaired) electrons. The van der Waals surface area contributed by atoms with E-state index < -0.39 is 0 Å². The summed E-state index contributed by atoms with van der Waals surface area (Å²) in [6, 6.07) is 10.0. The van der Waals surface area contributed by atoms with Crippen LogP contribution in [-0.4, -0.2) is 25.1 Å². The average molecular weight is 288 g/mol. The van der Waals surface area contributed by atoms with Crippen molar-refractivity contribution in [2.45, 2.75) is 0 Å². The third-order valence-electron chi connectivity index (χ3n) is 2.74. The molecule has 21 heavy (non-hydrogen) atoms. The maximum absolute atomic E-state index is 12.2. The topological polar surface area (TPSA) is 98.5 Å². The lowest BCUT2D eigenvalue weighted by Crippen LogP contribution is -2.16. The highest BCUT2D eigenvalue weighted by molar-refractivity contribution is 6.03. The van der Waals surface area contributed by atoms with Crippen LogP contribution in [0, 0.1) is 0 Å². The molecular formula is C14H16N4O3. The number of aromatic nitrogens is 1. The Morgan fingerprint density at radius 2 is 1.81 bits per heavy atom. The van der Waals surface area contributed by atoms with Gasteiger partial charge >= 0.3 is 0 Å². The van der Waals surface area contributed by atoms with E-state index in [1.807, 2.05) is 0 Å². The molecule has 0 aliphatic heterocycles. The van der Waals surface area contributed by atoms with Gasteiger partial charge in [-0.3, -0.25) is 4.79 Å². The number of nitrogens with one attached hydrogen (secondary N) is 2. The molecule has 1 aromatic heterocycles. The van der Waals surface area contributed by atoms with Crippen LogP contribution in [0.3, 0.4) is 0 Å². The number of amides is 1. The Kier molecular flexibility index (Phi) is 4.57. The smallest absolute Gasteiger partial charge is 0.274 e. The summed E-state index contributed by atoms with van der Waals surface area (Å²) in [6.07, 6.45) is 0. The molecular weight excluding hydrogens is 272 g/mol. The molecule has 4 N–H and O–H groups in total. The van der Waals surface area contributed by atoms with Gasteiger partial charge in [-0.2, -0.15) is 0 Å². The monoisotopic (exact) mass is 288 g/mol. The quantitative estimate of drug-likeness (QED) is 0.571.